The first-order valence-corrected chi connectivity index (χ1v) is 10.6. The lowest BCUT2D eigenvalue weighted by Crippen LogP contribution is -1.83. The van der Waals surface area contributed by atoms with Gasteiger partial charge in [-0.05, 0) is 18.2 Å². The first-order valence-electron chi connectivity index (χ1n) is 6.26. The van der Waals surface area contributed by atoms with Gasteiger partial charge in [0.15, 0.2) is 0 Å². The van der Waals surface area contributed by atoms with Crippen molar-refractivity contribution in [1.82, 2.24) is 0 Å². The molecule has 0 rings (SSSR count). The molecule has 0 aromatic rings. The van der Waals surface area contributed by atoms with Gasteiger partial charge in [-0.3, -0.25) is 0 Å². The minimum Gasteiger partial charge on any atom is -0.338 e. The summed E-state index contributed by atoms with van der Waals surface area (Å²) in [4.78, 5) is 18.0. The van der Waals surface area contributed by atoms with E-state index in [2.05, 4.69) is 18.7 Å². The highest BCUT2D eigenvalue weighted by atomic mass is 32.9. The molecular weight excluding hydrogens is 259 g/mol. The van der Waals surface area contributed by atoms with Gasteiger partial charge in [-0.1, -0.05) is 69.7 Å². The maximum Gasteiger partial charge on any atom is 0.242 e. The molecule has 0 spiro atoms. The minimum absolute atomic E-state index is 0.792. The Morgan fingerprint density at radius 1 is 0.875 bits per heavy atom. The van der Waals surface area contributed by atoms with Gasteiger partial charge in [-0.15, -0.1) is 0 Å². The van der Waals surface area contributed by atoms with Crippen LogP contribution in [0.1, 0.15) is 64.7 Å². The zero-order chi connectivity index (χ0) is 12.3. The van der Waals surface area contributed by atoms with Crippen molar-refractivity contribution < 1.29 is 9.79 Å². The molecule has 0 aliphatic rings. The molecule has 16 heavy (non-hydrogen) atoms. The Labute approximate surface area is 109 Å². The van der Waals surface area contributed by atoms with Crippen molar-refractivity contribution >= 4 is 28.9 Å². The molecule has 0 aromatic heterocycles. The van der Waals surface area contributed by atoms with Gasteiger partial charge in [0.25, 0.3) is 0 Å². The molecule has 0 aliphatic heterocycles. The fourth-order valence-electron chi connectivity index (χ4n) is 1.60. The van der Waals surface area contributed by atoms with Crippen molar-refractivity contribution in [2.24, 2.45) is 0 Å². The predicted molar refractivity (Wildman–Crippen MR) is 78.4 cm³/mol. The molecule has 0 aliphatic carbocycles. The summed E-state index contributed by atoms with van der Waals surface area (Å²) in [6.07, 6.45) is 11.6. The van der Waals surface area contributed by atoms with E-state index in [1.54, 1.807) is 0 Å². The van der Waals surface area contributed by atoms with E-state index in [1.165, 1.54) is 51.4 Å². The molecule has 0 saturated carbocycles. The molecule has 5 heteroatoms. The van der Waals surface area contributed by atoms with Crippen molar-refractivity contribution in [3.63, 3.8) is 0 Å². The Morgan fingerprint density at radius 2 is 1.31 bits per heavy atom. The SMILES string of the molecule is CCCCCCCCCCCSP(O)(O)=S. The summed E-state index contributed by atoms with van der Waals surface area (Å²) in [5, 5.41) is 0. The molecule has 0 fully saturated rings. The van der Waals surface area contributed by atoms with Crippen molar-refractivity contribution in [1.29, 1.82) is 0 Å². The quantitative estimate of drug-likeness (QED) is 0.434. The molecule has 0 saturated heterocycles. The first-order chi connectivity index (χ1) is 7.56. The van der Waals surface area contributed by atoms with Gasteiger partial charge < -0.3 is 9.79 Å². The van der Waals surface area contributed by atoms with Gasteiger partial charge in [-0.2, -0.15) is 0 Å². The zero-order valence-corrected chi connectivity index (χ0v) is 12.8. The van der Waals surface area contributed by atoms with Crippen LogP contribution in [-0.2, 0) is 11.8 Å². The maximum absolute atomic E-state index is 8.99. The lowest BCUT2D eigenvalue weighted by molar-refractivity contribution is 0.502. The normalized spacial score (nSPS) is 11.9. The second-order valence-electron chi connectivity index (χ2n) is 4.15. The van der Waals surface area contributed by atoms with Crippen LogP contribution in [0.3, 0.4) is 0 Å². The van der Waals surface area contributed by atoms with E-state index in [0.717, 1.165) is 23.6 Å². The smallest absolute Gasteiger partial charge is 0.242 e. The molecule has 0 bridgehead atoms. The van der Waals surface area contributed by atoms with Crippen molar-refractivity contribution in [3.05, 3.63) is 0 Å². The Balaban J connectivity index is 3.02. The summed E-state index contributed by atoms with van der Waals surface area (Å²) in [7, 11) is 0. The maximum atomic E-state index is 8.99. The van der Waals surface area contributed by atoms with Crippen LogP contribution in [-0.4, -0.2) is 15.5 Å². The topological polar surface area (TPSA) is 40.5 Å². The summed E-state index contributed by atoms with van der Waals surface area (Å²) >= 11 is 5.68. The zero-order valence-electron chi connectivity index (χ0n) is 10.2. The Kier molecular flexibility index (Phi) is 11.7. The molecule has 98 valence electrons. The Morgan fingerprint density at radius 3 is 1.75 bits per heavy atom. The van der Waals surface area contributed by atoms with E-state index < -0.39 is 5.69 Å². The lowest BCUT2D eigenvalue weighted by atomic mass is 10.1. The van der Waals surface area contributed by atoms with Crippen LogP contribution in [0.15, 0.2) is 0 Å². The highest BCUT2D eigenvalue weighted by molar-refractivity contribution is 8.67. The van der Waals surface area contributed by atoms with Gasteiger partial charge in [0.1, 0.15) is 0 Å². The molecule has 2 N–H and O–H groups in total. The van der Waals surface area contributed by atoms with Gasteiger partial charge in [0.2, 0.25) is 5.69 Å². The fraction of sp³-hybridized carbons (Fsp3) is 1.00. The summed E-state index contributed by atoms with van der Waals surface area (Å²) < 4.78 is 0. The van der Waals surface area contributed by atoms with Gasteiger partial charge >= 0.3 is 0 Å². The van der Waals surface area contributed by atoms with Gasteiger partial charge in [0.05, 0.1) is 0 Å². The molecule has 0 atom stereocenters. The fourth-order valence-corrected chi connectivity index (χ4v) is 3.94. The largest absolute Gasteiger partial charge is 0.338 e. The second-order valence-corrected chi connectivity index (χ2v) is 10.3. The monoisotopic (exact) mass is 284 g/mol. The van der Waals surface area contributed by atoms with Crippen molar-refractivity contribution in [2.45, 2.75) is 64.7 Å². The second kappa shape index (κ2) is 11.0. The molecule has 0 aromatic carbocycles. The molecule has 0 unspecified atom stereocenters. The summed E-state index contributed by atoms with van der Waals surface area (Å²) in [5.74, 6) is 0.792. The van der Waals surface area contributed by atoms with Crippen LogP contribution in [0.2, 0.25) is 0 Å². The standard InChI is InChI=1S/C11H25O2PS2/c1-2-3-4-5-6-7-8-9-10-11-16-14(12,13)15/h2-11H2,1H3,(H2,12,13,15). The van der Waals surface area contributed by atoms with E-state index in [1.807, 2.05) is 0 Å². The summed E-state index contributed by atoms with van der Waals surface area (Å²) in [6, 6.07) is 0. The molecule has 0 radical (unpaired) electrons. The van der Waals surface area contributed by atoms with Crippen molar-refractivity contribution in [2.75, 3.05) is 5.75 Å². The highest BCUT2D eigenvalue weighted by Crippen LogP contribution is 2.50. The third-order valence-corrected chi connectivity index (χ3v) is 5.82. The van der Waals surface area contributed by atoms with Crippen molar-refractivity contribution in [3.8, 4) is 0 Å². The predicted octanol–water partition coefficient (Wildman–Crippen LogP) is 4.46. The Bertz CT molecular complexity index is 194. The number of rotatable bonds is 11. The number of unbranched alkanes of at least 4 members (excludes halogenated alkanes) is 8. The van der Waals surface area contributed by atoms with E-state index in [4.69, 9.17) is 9.79 Å². The van der Waals surface area contributed by atoms with Crippen LogP contribution in [0, 0.1) is 0 Å². The third kappa shape index (κ3) is 14.9. The lowest BCUT2D eigenvalue weighted by Gasteiger charge is -2.05. The molecule has 0 amide bonds. The minimum atomic E-state index is -2.99. The number of hydrogen-bond acceptors (Lipinski definition) is 2. The van der Waals surface area contributed by atoms with Gasteiger partial charge in [0, 0.05) is 5.75 Å². The average Bonchev–Trinajstić information content (AvgIpc) is 2.19. The average molecular weight is 284 g/mol. The van der Waals surface area contributed by atoms with Crippen LogP contribution in [0.4, 0.5) is 0 Å². The van der Waals surface area contributed by atoms with E-state index in [0.29, 0.717) is 0 Å². The number of hydrogen-bond donors (Lipinski definition) is 2. The summed E-state index contributed by atoms with van der Waals surface area (Å²) in [6.45, 7) is 2.24. The molecular formula is C11H25O2PS2. The van der Waals surface area contributed by atoms with Crippen LogP contribution in [0.5, 0.6) is 0 Å². The van der Waals surface area contributed by atoms with Crippen LogP contribution >= 0.6 is 17.1 Å². The van der Waals surface area contributed by atoms with E-state index in [-0.39, 0.29) is 0 Å². The van der Waals surface area contributed by atoms with Gasteiger partial charge in [-0.25, -0.2) is 0 Å². The van der Waals surface area contributed by atoms with E-state index >= 15 is 0 Å². The van der Waals surface area contributed by atoms with Crippen LogP contribution < -0.4 is 0 Å². The highest BCUT2D eigenvalue weighted by Gasteiger charge is 2.06. The van der Waals surface area contributed by atoms with Crippen LogP contribution in [0.25, 0.3) is 0 Å². The molecule has 0 heterocycles. The first kappa shape index (κ1) is 16.9. The van der Waals surface area contributed by atoms with E-state index in [9.17, 15) is 0 Å². The third-order valence-electron chi connectivity index (χ3n) is 2.51. The molecule has 2 nitrogen and oxygen atoms in total. The summed E-state index contributed by atoms with van der Waals surface area (Å²) in [5.41, 5.74) is -2.99. The Hall–Kier alpha value is 0.920.